The third-order valence-corrected chi connectivity index (χ3v) is 4.90. The van der Waals surface area contributed by atoms with Crippen LogP contribution in [0.25, 0.3) is 6.08 Å². The van der Waals surface area contributed by atoms with Gasteiger partial charge in [0.05, 0.1) is 21.8 Å². The summed E-state index contributed by atoms with van der Waals surface area (Å²) in [6.45, 7) is 3.12. The van der Waals surface area contributed by atoms with Crippen molar-refractivity contribution in [2.45, 2.75) is 18.7 Å². The van der Waals surface area contributed by atoms with E-state index in [-0.39, 0.29) is 22.5 Å². The number of aryl methyl sites for hydroxylation is 1. The number of para-hydroxylation sites is 1. The van der Waals surface area contributed by atoms with E-state index in [9.17, 15) is 22.6 Å². The number of allylic oxidation sites excluding steroid dienone is 1. The van der Waals surface area contributed by atoms with Gasteiger partial charge in [0.1, 0.15) is 5.71 Å². The second-order valence-electron chi connectivity index (χ2n) is 6.18. The molecule has 2 aromatic rings. The van der Waals surface area contributed by atoms with Crippen LogP contribution in [0.15, 0.2) is 52.5 Å². The predicted octanol–water partition coefficient (Wildman–Crippen LogP) is 2.88. The van der Waals surface area contributed by atoms with Gasteiger partial charge in [0.15, 0.2) is 0 Å². The van der Waals surface area contributed by atoms with Gasteiger partial charge in [0.2, 0.25) is 11.7 Å². The van der Waals surface area contributed by atoms with Crippen molar-refractivity contribution in [3.8, 4) is 0 Å². The monoisotopic (exact) mass is 399 g/mol. The van der Waals surface area contributed by atoms with Crippen molar-refractivity contribution in [2.24, 2.45) is 5.10 Å². The predicted molar refractivity (Wildman–Crippen MR) is 106 cm³/mol. The molecule has 0 aromatic heterocycles. The molecule has 0 spiro atoms. The average molecular weight is 399 g/mol. The Bertz CT molecular complexity index is 1150. The molecule has 1 aliphatic rings. The Hall–Kier alpha value is -3.30. The number of anilines is 2. The zero-order valence-electron chi connectivity index (χ0n) is 15.1. The molecule has 3 N–H and O–H groups in total. The van der Waals surface area contributed by atoms with Gasteiger partial charge in [-0.05, 0) is 42.3 Å². The van der Waals surface area contributed by atoms with E-state index in [0.717, 1.165) is 23.4 Å². The third-order valence-electron chi connectivity index (χ3n) is 4.07. The Morgan fingerprint density at radius 1 is 1.11 bits per heavy atom. The van der Waals surface area contributed by atoms with Crippen molar-refractivity contribution < 1.29 is 22.6 Å². The minimum Gasteiger partial charge on any atom is -0.326 e. The summed E-state index contributed by atoms with van der Waals surface area (Å²) in [4.78, 5) is 24.0. The first kappa shape index (κ1) is 19.5. The fraction of sp³-hybridized carbons (Fsp3) is 0.105. The number of nitrogens with one attached hydrogen (secondary N) is 2. The number of fused-ring (bicyclic) bond motifs is 1. The normalized spacial score (nSPS) is 14.7. The summed E-state index contributed by atoms with van der Waals surface area (Å²) in [5.74, 6) is -0.988. The highest BCUT2D eigenvalue weighted by Crippen LogP contribution is 2.30. The van der Waals surface area contributed by atoms with E-state index in [4.69, 9.17) is 0 Å². The molecule has 1 amide bonds. The van der Waals surface area contributed by atoms with E-state index in [1.54, 1.807) is 0 Å². The highest BCUT2D eigenvalue weighted by molar-refractivity contribution is 7.85. The van der Waals surface area contributed by atoms with Crippen LogP contribution < -0.4 is 10.7 Å². The van der Waals surface area contributed by atoms with Gasteiger partial charge in [-0.1, -0.05) is 24.3 Å². The van der Waals surface area contributed by atoms with Crippen LogP contribution >= 0.6 is 0 Å². The number of amides is 1. The number of hydrogen-bond donors (Lipinski definition) is 3. The van der Waals surface area contributed by atoms with Gasteiger partial charge in [-0.2, -0.15) is 13.5 Å². The molecule has 1 aliphatic carbocycles. The van der Waals surface area contributed by atoms with E-state index >= 15 is 0 Å². The number of benzene rings is 2. The Kier molecular flexibility index (Phi) is 5.12. The molecule has 2 aromatic carbocycles. The lowest BCUT2D eigenvalue weighted by Gasteiger charge is -2.17. The number of carbonyl (C=O) groups is 2. The van der Waals surface area contributed by atoms with Crippen LogP contribution in [0, 0.1) is 6.92 Å². The largest absolute Gasteiger partial charge is 0.326 e. The number of nitrogens with zero attached hydrogens (tertiary/aromatic N) is 1. The van der Waals surface area contributed by atoms with Gasteiger partial charge < -0.3 is 5.32 Å². The first-order valence-corrected chi connectivity index (χ1v) is 9.66. The molecule has 0 fully saturated rings. The fourth-order valence-corrected chi connectivity index (χ4v) is 3.28. The highest BCUT2D eigenvalue weighted by atomic mass is 32.2. The molecule has 0 unspecified atom stereocenters. The van der Waals surface area contributed by atoms with Gasteiger partial charge in [-0.3, -0.25) is 19.6 Å². The van der Waals surface area contributed by atoms with Crippen LogP contribution in [0.3, 0.4) is 0 Å². The first-order valence-electron chi connectivity index (χ1n) is 8.22. The number of Topliss-reactive ketones (excluding diaryl/α,β-unsaturated/α-hetero) is 1. The topological polar surface area (TPSA) is 125 Å². The maximum absolute atomic E-state index is 12.9. The molecule has 0 radical (unpaired) electrons. The maximum atomic E-state index is 12.9. The summed E-state index contributed by atoms with van der Waals surface area (Å²) in [7, 11) is -4.52. The van der Waals surface area contributed by atoms with Gasteiger partial charge in [-0.15, -0.1) is 0 Å². The molecule has 144 valence electrons. The van der Waals surface area contributed by atoms with Crippen LogP contribution in [0.1, 0.15) is 28.4 Å². The minimum atomic E-state index is -4.52. The van der Waals surface area contributed by atoms with Crippen LogP contribution in [-0.4, -0.2) is 30.4 Å². The van der Waals surface area contributed by atoms with E-state index in [1.807, 2.05) is 31.2 Å². The summed E-state index contributed by atoms with van der Waals surface area (Å²) in [5, 5.41) is 6.57. The summed E-state index contributed by atoms with van der Waals surface area (Å²) in [5.41, 5.74) is 4.91. The minimum absolute atomic E-state index is 0.0180. The van der Waals surface area contributed by atoms with E-state index in [0.29, 0.717) is 0 Å². The Labute approximate surface area is 161 Å². The van der Waals surface area contributed by atoms with Crippen LogP contribution in [0.2, 0.25) is 0 Å². The number of carbonyl (C=O) groups excluding carboxylic acids is 2. The maximum Gasteiger partial charge on any atom is 0.294 e. The number of ketones is 1. The molecule has 9 heteroatoms. The van der Waals surface area contributed by atoms with Gasteiger partial charge in [0.25, 0.3) is 10.1 Å². The molecule has 28 heavy (non-hydrogen) atoms. The summed E-state index contributed by atoms with van der Waals surface area (Å²) < 4.78 is 32.3. The molecule has 3 rings (SSSR count). The fourth-order valence-electron chi connectivity index (χ4n) is 2.74. The van der Waals surface area contributed by atoms with Crippen molar-refractivity contribution in [2.75, 3.05) is 10.7 Å². The van der Waals surface area contributed by atoms with Crippen molar-refractivity contribution in [1.29, 1.82) is 0 Å². The highest BCUT2D eigenvalue weighted by Gasteiger charge is 2.26. The number of hydrogen-bond acceptors (Lipinski definition) is 6. The van der Waals surface area contributed by atoms with Crippen LogP contribution in [-0.2, 0) is 14.9 Å². The van der Waals surface area contributed by atoms with Crippen molar-refractivity contribution in [1.82, 2.24) is 0 Å². The Morgan fingerprint density at radius 3 is 2.46 bits per heavy atom. The lowest BCUT2D eigenvalue weighted by molar-refractivity contribution is -0.114. The van der Waals surface area contributed by atoms with E-state index in [1.165, 1.54) is 19.1 Å². The number of hydrazone groups is 1. The third kappa shape index (κ3) is 4.00. The standard InChI is InChI=1S/C19H17N3O5S/c1-11-5-3-4-6-15(11)21-22-16-8-7-13-9-14(28(25,26)27)10-17(20-12(2)23)18(13)19(16)24/h3-10,21H,1-2H3,(H,20,23)(H,25,26,27)/b22-16-. The van der Waals surface area contributed by atoms with Crippen LogP contribution in [0.4, 0.5) is 11.4 Å². The van der Waals surface area contributed by atoms with Crippen molar-refractivity contribution in [3.63, 3.8) is 0 Å². The van der Waals surface area contributed by atoms with E-state index in [2.05, 4.69) is 15.8 Å². The second-order valence-corrected chi connectivity index (χ2v) is 7.60. The van der Waals surface area contributed by atoms with E-state index < -0.39 is 26.7 Å². The lowest BCUT2D eigenvalue weighted by atomic mass is 9.93. The quantitative estimate of drug-likeness (QED) is 0.536. The average Bonchev–Trinajstić information content (AvgIpc) is 2.61. The number of rotatable bonds is 4. The zero-order chi connectivity index (χ0) is 20.5. The van der Waals surface area contributed by atoms with Gasteiger partial charge in [0, 0.05) is 6.92 Å². The zero-order valence-corrected chi connectivity index (χ0v) is 15.9. The lowest BCUT2D eigenvalue weighted by Crippen LogP contribution is -2.22. The smallest absolute Gasteiger partial charge is 0.294 e. The molecular weight excluding hydrogens is 382 g/mol. The SMILES string of the molecule is CC(=O)Nc1cc(S(=O)(=O)O)cc2c1C(=O)/C(=N\Nc1ccccc1C)C=C2. The molecular formula is C19H17N3O5S. The van der Waals surface area contributed by atoms with Crippen LogP contribution in [0.5, 0.6) is 0 Å². The molecule has 8 nitrogen and oxygen atoms in total. The van der Waals surface area contributed by atoms with Crippen molar-refractivity contribution in [3.05, 3.63) is 59.2 Å². The molecule has 0 aliphatic heterocycles. The summed E-state index contributed by atoms with van der Waals surface area (Å²) in [6.07, 6.45) is 2.93. The van der Waals surface area contributed by atoms with Crippen molar-refractivity contribution >= 4 is 45.0 Å². The molecule has 0 atom stereocenters. The Balaban J connectivity index is 2.05. The Morgan fingerprint density at radius 2 is 1.82 bits per heavy atom. The molecule has 0 heterocycles. The molecule has 0 saturated carbocycles. The first-order chi connectivity index (χ1) is 13.2. The molecule has 0 bridgehead atoms. The molecule has 0 saturated heterocycles. The van der Waals surface area contributed by atoms with Gasteiger partial charge >= 0.3 is 0 Å². The summed E-state index contributed by atoms with van der Waals surface area (Å²) >= 11 is 0. The second kappa shape index (κ2) is 7.37. The van der Waals surface area contributed by atoms with Gasteiger partial charge in [-0.25, -0.2) is 0 Å². The summed E-state index contributed by atoms with van der Waals surface area (Å²) in [6, 6.07) is 9.61.